The van der Waals surface area contributed by atoms with Gasteiger partial charge in [-0.05, 0) is 56.7 Å². The Balaban J connectivity index is 2.09. The van der Waals surface area contributed by atoms with Crippen molar-refractivity contribution < 1.29 is 0 Å². The third-order valence-electron chi connectivity index (χ3n) is 5.51. The Labute approximate surface area is 165 Å². The summed E-state index contributed by atoms with van der Waals surface area (Å²) in [6.45, 7) is 5.61. The predicted molar refractivity (Wildman–Crippen MR) is 117 cm³/mol. The summed E-state index contributed by atoms with van der Waals surface area (Å²) in [6.07, 6.45) is 7.41. The summed E-state index contributed by atoms with van der Waals surface area (Å²) >= 11 is 1.89. The number of thioether (sulfide) groups is 1. The maximum absolute atomic E-state index is 4.66. The number of unbranched alkanes of at least 4 members (excludes halogenated alkanes) is 1. The van der Waals surface area contributed by atoms with Crippen LogP contribution in [0.3, 0.4) is 0 Å². The van der Waals surface area contributed by atoms with Crippen LogP contribution in [-0.4, -0.2) is 60.5 Å². The first-order chi connectivity index (χ1) is 12.6. The van der Waals surface area contributed by atoms with E-state index in [-0.39, 0.29) is 0 Å². The van der Waals surface area contributed by atoms with E-state index in [1.807, 2.05) is 18.8 Å². The first-order valence-electron chi connectivity index (χ1n) is 10.2. The molecular weight excluding hydrogens is 338 g/mol. The molecule has 146 valence electrons. The number of fused-ring (bicyclic) bond motifs is 1. The zero-order valence-electron chi connectivity index (χ0n) is 17.4. The molecule has 0 saturated carbocycles. The van der Waals surface area contributed by atoms with Crippen molar-refractivity contribution in [3.8, 4) is 0 Å². The van der Waals surface area contributed by atoms with Crippen LogP contribution in [0.15, 0.2) is 29.3 Å². The van der Waals surface area contributed by atoms with Gasteiger partial charge in [0.15, 0.2) is 5.17 Å². The summed E-state index contributed by atoms with van der Waals surface area (Å²) in [6, 6.07) is 10.2. The third-order valence-corrected chi connectivity index (χ3v) is 6.47. The van der Waals surface area contributed by atoms with Gasteiger partial charge >= 0.3 is 0 Å². The molecule has 0 amide bonds. The fraction of sp³-hybridized carbons (Fsp3) is 0.682. The fourth-order valence-corrected chi connectivity index (χ4v) is 4.78. The normalized spacial score (nSPS) is 16.2. The van der Waals surface area contributed by atoms with Gasteiger partial charge in [0.05, 0.1) is 0 Å². The highest BCUT2D eigenvalue weighted by atomic mass is 32.2. The summed E-state index contributed by atoms with van der Waals surface area (Å²) in [7, 11) is 6.41. The van der Waals surface area contributed by atoms with E-state index in [1.165, 1.54) is 42.0 Å². The van der Waals surface area contributed by atoms with Crippen LogP contribution in [0.2, 0.25) is 0 Å². The van der Waals surface area contributed by atoms with Crippen LogP contribution in [0.1, 0.15) is 50.7 Å². The number of hydrogen-bond acceptors (Lipinski definition) is 3. The van der Waals surface area contributed by atoms with E-state index in [4.69, 9.17) is 0 Å². The molecule has 1 aromatic carbocycles. The second-order valence-electron chi connectivity index (χ2n) is 7.51. The van der Waals surface area contributed by atoms with Gasteiger partial charge in [0.25, 0.3) is 0 Å². The van der Waals surface area contributed by atoms with E-state index >= 15 is 0 Å². The monoisotopic (exact) mass is 375 g/mol. The van der Waals surface area contributed by atoms with Crippen LogP contribution in [-0.2, 0) is 12.8 Å². The number of amidine groups is 1. The summed E-state index contributed by atoms with van der Waals surface area (Å²) in [5.41, 5.74) is 3.05. The Morgan fingerprint density at radius 2 is 1.81 bits per heavy atom. The summed E-state index contributed by atoms with van der Waals surface area (Å²) in [4.78, 5) is 9.68. The van der Waals surface area contributed by atoms with Crippen LogP contribution >= 0.6 is 11.8 Å². The second kappa shape index (κ2) is 11.0. The van der Waals surface area contributed by atoms with Crippen LogP contribution < -0.4 is 0 Å². The maximum Gasteiger partial charge on any atom is 0.159 e. The molecule has 0 bridgehead atoms. The Kier molecular flexibility index (Phi) is 9.00. The molecular formula is C22H37N3S. The van der Waals surface area contributed by atoms with Crippen LogP contribution in [0, 0.1) is 0 Å². The number of nitrogens with zero attached hydrogens (tertiary/aromatic N) is 3. The first-order valence-corrected chi connectivity index (χ1v) is 11.2. The smallest absolute Gasteiger partial charge is 0.159 e. The van der Waals surface area contributed by atoms with E-state index in [1.54, 1.807) is 0 Å². The number of aliphatic imine (C=N–C) groups is 1. The van der Waals surface area contributed by atoms with Crippen LogP contribution in [0.5, 0.6) is 0 Å². The molecule has 1 aromatic rings. The molecule has 4 heteroatoms. The largest absolute Gasteiger partial charge is 0.348 e. The Hall–Kier alpha value is -1.00. The molecule has 1 unspecified atom stereocenters. The van der Waals surface area contributed by atoms with Gasteiger partial charge in [-0.3, -0.25) is 4.99 Å². The minimum Gasteiger partial charge on any atom is -0.348 e. The third kappa shape index (κ3) is 5.75. The van der Waals surface area contributed by atoms with Crippen molar-refractivity contribution in [2.45, 2.75) is 64.5 Å². The minimum absolute atomic E-state index is 0.555. The van der Waals surface area contributed by atoms with Crippen molar-refractivity contribution >= 4 is 16.9 Å². The summed E-state index contributed by atoms with van der Waals surface area (Å²) < 4.78 is 0. The summed E-state index contributed by atoms with van der Waals surface area (Å²) in [5, 5.41) is 1.22. The molecule has 1 atom stereocenters. The van der Waals surface area contributed by atoms with Gasteiger partial charge in [-0.1, -0.05) is 62.7 Å². The van der Waals surface area contributed by atoms with E-state index in [0.717, 1.165) is 25.1 Å². The topological polar surface area (TPSA) is 18.8 Å². The fourth-order valence-electron chi connectivity index (χ4n) is 3.98. The standard InChI is InChI=1S/C22H37N3S/c1-6-8-13-20(24(4)5)14-15-25(22(23-3)26-7-2)21-16-18-11-9-10-12-19(18)17-21/h9-12,20-21H,6-8,13-17H2,1-5H3. The zero-order chi connectivity index (χ0) is 18.9. The number of hydrogen-bond donors (Lipinski definition) is 0. The highest BCUT2D eigenvalue weighted by Crippen LogP contribution is 2.28. The van der Waals surface area contributed by atoms with Crippen LogP contribution in [0.4, 0.5) is 0 Å². The molecule has 0 N–H and O–H groups in total. The van der Waals surface area contributed by atoms with Gasteiger partial charge in [-0.25, -0.2) is 0 Å². The van der Waals surface area contributed by atoms with Crippen molar-refractivity contribution in [3.63, 3.8) is 0 Å². The van der Waals surface area contributed by atoms with E-state index in [2.05, 4.69) is 67.0 Å². The highest BCUT2D eigenvalue weighted by molar-refractivity contribution is 8.13. The van der Waals surface area contributed by atoms with Gasteiger partial charge in [0.1, 0.15) is 0 Å². The Morgan fingerprint density at radius 3 is 2.31 bits per heavy atom. The molecule has 0 saturated heterocycles. The van der Waals surface area contributed by atoms with E-state index in [9.17, 15) is 0 Å². The second-order valence-corrected chi connectivity index (χ2v) is 8.74. The van der Waals surface area contributed by atoms with Gasteiger partial charge in [-0.15, -0.1) is 0 Å². The molecule has 2 rings (SSSR count). The van der Waals surface area contributed by atoms with Crippen molar-refractivity contribution in [1.29, 1.82) is 0 Å². The lowest BCUT2D eigenvalue weighted by molar-refractivity contribution is 0.224. The van der Waals surface area contributed by atoms with Gasteiger partial charge in [0.2, 0.25) is 0 Å². The van der Waals surface area contributed by atoms with Gasteiger partial charge in [0, 0.05) is 25.7 Å². The first kappa shape index (κ1) is 21.3. The molecule has 26 heavy (non-hydrogen) atoms. The van der Waals surface area contributed by atoms with Crippen molar-refractivity contribution in [2.24, 2.45) is 4.99 Å². The van der Waals surface area contributed by atoms with E-state index < -0.39 is 0 Å². The molecule has 0 heterocycles. The lowest BCUT2D eigenvalue weighted by Gasteiger charge is -2.34. The lowest BCUT2D eigenvalue weighted by atomic mass is 10.0. The average molecular weight is 376 g/mol. The molecule has 3 nitrogen and oxygen atoms in total. The zero-order valence-corrected chi connectivity index (χ0v) is 18.2. The molecule has 0 fully saturated rings. The van der Waals surface area contributed by atoms with Crippen molar-refractivity contribution in [2.75, 3.05) is 33.4 Å². The molecule has 0 aromatic heterocycles. The van der Waals surface area contributed by atoms with E-state index in [0.29, 0.717) is 12.1 Å². The Morgan fingerprint density at radius 1 is 1.15 bits per heavy atom. The van der Waals surface area contributed by atoms with Gasteiger partial charge < -0.3 is 9.80 Å². The van der Waals surface area contributed by atoms with Crippen molar-refractivity contribution in [3.05, 3.63) is 35.4 Å². The lowest BCUT2D eigenvalue weighted by Crippen LogP contribution is -2.42. The molecule has 0 aliphatic heterocycles. The summed E-state index contributed by atoms with van der Waals surface area (Å²) in [5.74, 6) is 1.08. The highest BCUT2D eigenvalue weighted by Gasteiger charge is 2.29. The quantitative estimate of drug-likeness (QED) is 0.460. The number of rotatable bonds is 9. The average Bonchev–Trinajstić information content (AvgIpc) is 3.06. The molecule has 0 radical (unpaired) electrons. The number of benzene rings is 1. The Bertz CT molecular complexity index is 545. The minimum atomic E-state index is 0.555. The van der Waals surface area contributed by atoms with Gasteiger partial charge in [-0.2, -0.15) is 0 Å². The SMILES string of the molecule is CCCCC(CCN(C(=NC)SCC)C1Cc2ccccc2C1)N(C)C. The predicted octanol–water partition coefficient (Wildman–Crippen LogP) is 4.71. The molecule has 0 spiro atoms. The molecule has 1 aliphatic carbocycles. The maximum atomic E-state index is 4.66. The van der Waals surface area contributed by atoms with Crippen molar-refractivity contribution in [1.82, 2.24) is 9.80 Å². The van der Waals surface area contributed by atoms with Crippen LogP contribution in [0.25, 0.3) is 0 Å². The molecule has 1 aliphatic rings.